The Labute approximate surface area is 220 Å². The highest BCUT2D eigenvalue weighted by molar-refractivity contribution is 7.07. The van der Waals surface area contributed by atoms with Gasteiger partial charge in [0.2, 0.25) is 0 Å². The third kappa shape index (κ3) is 4.84. The van der Waals surface area contributed by atoms with Crippen LogP contribution in [0.5, 0.6) is 0 Å². The molecule has 3 aromatic rings. The minimum absolute atomic E-state index is 0.0207. The lowest BCUT2D eigenvalue weighted by molar-refractivity contribution is -0.138. The smallest absolute Gasteiger partial charge is 0.338 e. The Balaban J connectivity index is 2.10. The molecular weight excluding hydrogens is 523 g/mol. The molecule has 0 radical (unpaired) electrons. The first-order valence-corrected chi connectivity index (χ1v) is 12.7. The van der Waals surface area contributed by atoms with Crippen LogP contribution in [0.2, 0.25) is 10.0 Å². The summed E-state index contributed by atoms with van der Waals surface area (Å²) in [5.74, 6) is -2.43. The molecule has 2 aromatic carbocycles. The maximum absolute atomic E-state index is 13.5. The predicted molar refractivity (Wildman–Crippen MR) is 141 cm³/mol. The number of fused-ring (bicyclic) bond motifs is 1. The molecule has 1 atom stereocenters. The Morgan fingerprint density at radius 2 is 1.47 bits per heavy atom. The molecule has 36 heavy (non-hydrogen) atoms. The molecule has 4 rings (SSSR count). The molecule has 0 saturated carbocycles. The lowest BCUT2D eigenvalue weighted by atomic mass is 9.83. The maximum Gasteiger partial charge on any atom is 0.338 e. The van der Waals surface area contributed by atoms with Gasteiger partial charge in [0.1, 0.15) is 10.5 Å². The number of thiazole rings is 1. The highest BCUT2D eigenvalue weighted by Crippen LogP contribution is 2.38. The highest BCUT2D eigenvalue weighted by Gasteiger charge is 2.39. The number of esters is 2. The van der Waals surface area contributed by atoms with E-state index in [4.69, 9.17) is 38.4 Å². The van der Waals surface area contributed by atoms with Crippen LogP contribution in [0, 0.1) is 0 Å². The van der Waals surface area contributed by atoms with Crippen LogP contribution in [0.15, 0.2) is 58.9 Å². The van der Waals surface area contributed by atoms with Crippen LogP contribution in [-0.2, 0) is 19.1 Å². The molecule has 0 unspecified atom stereocenters. The van der Waals surface area contributed by atoms with Crippen molar-refractivity contribution < 1.29 is 19.1 Å². The van der Waals surface area contributed by atoms with Gasteiger partial charge in [-0.1, -0.05) is 47.5 Å². The summed E-state index contributed by atoms with van der Waals surface area (Å²) in [5, 5.41) is 1.04. The van der Waals surface area contributed by atoms with Gasteiger partial charge < -0.3 is 15.2 Å². The zero-order valence-electron chi connectivity index (χ0n) is 19.4. The Hall–Kier alpha value is -3.33. The summed E-state index contributed by atoms with van der Waals surface area (Å²) in [4.78, 5) is 40.0. The van der Waals surface area contributed by atoms with E-state index in [-0.39, 0.29) is 34.8 Å². The molecule has 186 valence electrons. The Kier molecular flexibility index (Phi) is 7.68. The molecule has 0 aliphatic carbocycles. The lowest BCUT2D eigenvalue weighted by Gasteiger charge is -2.27. The van der Waals surface area contributed by atoms with E-state index < -0.39 is 23.4 Å². The predicted octanol–water partition coefficient (Wildman–Crippen LogP) is 3.25. The lowest BCUT2D eigenvalue weighted by Crippen LogP contribution is -2.42. The van der Waals surface area contributed by atoms with E-state index in [1.807, 2.05) is 0 Å². The van der Waals surface area contributed by atoms with Crippen molar-refractivity contribution in [3.8, 4) is 0 Å². The summed E-state index contributed by atoms with van der Waals surface area (Å²) in [7, 11) is 0. The summed E-state index contributed by atoms with van der Waals surface area (Å²) < 4.78 is 12.4. The van der Waals surface area contributed by atoms with Gasteiger partial charge in [-0.3, -0.25) is 9.36 Å². The number of rotatable bonds is 6. The second kappa shape index (κ2) is 10.7. The van der Waals surface area contributed by atoms with E-state index in [0.29, 0.717) is 20.1 Å². The first-order valence-electron chi connectivity index (χ1n) is 11.1. The van der Waals surface area contributed by atoms with Gasteiger partial charge in [0, 0.05) is 10.0 Å². The second-order valence-corrected chi connectivity index (χ2v) is 9.65. The van der Waals surface area contributed by atoms with Crippen LogP contribution in [0.25, 0.3) is 17.5 Å². The monoisotopic (exact) mass is 544 g/mol. The van der Waals surface area contributed by atoms with Crippen LogP contribution in [-0.4, -0.2) is 29.7 Å². The molecule has 0 fully saturated rings. The number of ether oxygens (including phenoxy) is 2. The van der Waals surface area contributed by atoms with Crippen molar-refractivity contribution in [1.29, 1.82) is 0 Å². The first kappa shape index (κ1) is 25.8. The number of nitrogens with two attached hydrogens (primary N) is 1. The molecule has 7 nitrogen and oxygen atoms in total. The van der Waals surface area contributed by atoms with Crippen LogP contribution >= 0.6 is 34.5 Å². The Morgan fingerprint density at radius 3 is 2.03 bits per heavy atom. The molecule has 0 spiro atoms. The summed E-state index contributed by atoms with van der Waals surface area (Å²) >= 11 is 13.2. The van der Waals surface area contributed by atoms with E-state index in [0.717, 1.165) is 16.9 Å². The minimum Gasteiger partial charge on any atom is -0.463 e. The van der Waals surface area contributed by atoms with Crippen molar-refractivity contribution in [3.63, 3.8) is 0 Å². The second-order valence-electron chi connectivity index (χ2n) is 7.75. The van der Waals surface area contributed by atoms with E-state index in [1.54, 1.807) is 68.5 Å². The molecule has 2 heterocycles. The van der Waals surface area contributed by atoms with Gasteiger partial charge in [0.15, 0.2) is 0 Å². The largest absolute Gasteiger partial charge is 0.463 e. The number of halogens is 2. The van der Waals surface area contributed by atoms with Crippen molar-refractivity contribution in [1.82, 2.24) is 4.57 Å². The van der Waals surface area contributed by atoms with Crippen molar-refractivity contribution in [2.24, 2.45) is 5.73 Å². The van der Waals surface area contributed by atoms with Gasteiger partial charge in [-0.2, -0.15) is 0 Å². The van der Waals surface area contributed by atoms with E-state index in [1.165, 1.54) is 4.57 Å². The van der Waals surface area contributed by atoms with Crippen LogP contribution in [0.3, 0.4) is 0 Å². The fourth-order valence-corrected chi connectivity index (χ4v) is 5.38. The Morgan fingerprint density at radius 1 is 0.944 bits per heavy atom. The summed E-state index contributed by atoms with van der Waals surface area (Å²) in [5.41, 5.74) is 7.40. The molecule has 10 heteroatoms. The van der Waals surface area contributed by atoms with E-state index in [9.17, 15) is 14.4 Å². The SMILES string of the molecule is CCOC(=O)C1=C(N)n2c(s/c(=C/c3ccc(Cl)cc3)c2=O)=C(C(=O)OCC)[C@H]1c1ccc(Cl)cc1. The number of aromatic nitrogens is 1. The van der Waals surface area contributed by atoms with Gasteiger partial charge in [-0.05, 0) is 55.3 Å². The standard InChI is InChI=1S/C26H22Cl2N2O5S/c1-3-34-25(32)20-19(15-7-11-17(28)12-8-15)21(26(33)35-4-2)24-30(22(20)29)23(31)18(36-24)13-14-5-9-16(27)10-6-14/h5-13,19H,3-4,29H2,1-2H3/b18-13+/t19-/m0/s1. The van der Waals surface area contributed by atoms with Crippen molar-refractivity contribution in [3.05, 3.63) is 94.8 Å². The average Bonchev–Trinajstić information content (AvgIpc) is 3.17. The van der Waals surface area contributed by atoms with Gasteiger partial charge in [-0.15, -0.1) is 11.3 Å². The molecule has 0 amide bonds. The number of hydrogen-bond acceptors (Lipinski definition) is 7. The summed E-state index contributed by atoms with van der Waals surface area (Å²) in [6, 6.07) is 13.6. The molecular formula is C26H22Cl2N2O5S. The third-order valence-electron chi connectivity index (χ3n) is 5.51. The van der Waals surface area contributed by atoms with Gasteiger partial charge >= 0.3 is 11.9 Å². The van der Waals surface area contributed by atoms with E-state index in [2.05, 4.69) is 0 Å². The molecule has 1 aliphatic heterocycles. The van der Waals surface area contributed by atoms with Crippen molar-refractivity contribution in [2.45, 2.75) is 19.8 Å². The van der Waals surface area contributed by atoms with Gasteiger partial charge in [0.25, 0.3) is 5.56 Å². The van der Waals surface area contributed by atoms with Gasteiger partial charge in [-0.25, -0.2) is 9.59 Å². The quantitative estimate of drug-likeness (QED) is 0.478. The maximum atomic E-state index is 13.5. The molecule has 0 saturated heterocycles. The van der Waals surface area contributed by atoms with Gasteiger partial charge in [0.05, 0.1) is 34.8 Å². The number of hydrogen-bond donors (Lipinski definition) is 1. The Bertz CT molecular complexity index is 1540. The average molecular weight is 545 g/mol. The van der Waals surface area contributed by atoms with Crippen molar-refractivity contribution in [2.75, 3.05) is 13.2 Å². The molecule has 1 aromatic heterocycles. The fourth-order valence-electron chi connectivity index (χ4n) is 3.96. The summed E-state index contributed by atoms with van der Waals surface area (Å²) in [6.07, 6.45) is 1.67. The zero-order valence-corrected chi connectivity index (χ0v) is 21.7. The highest BCUT2D eigenvalue weighted by atomic mass is 35.5. The number of nitrogens with zero attached hydrogens (tertiary/aromatic N) is 1. The van der Waals surface area contributed by atoms with E-state index >= 15 is 0 Å². The number of carbonyl (C=O) groups is 2. The zero-order chi connectivity index (χ0) is 26.0. The minimum atomic E-state index is -0.929. The van der Waals surface area contributed by atoms with Crippen molar-refractivity contribution >= 4 is 63.9 Å². The molecule has 1 aliphatic rings. The fraction of sp³-hybridized carbons (Fsp3) is 0.192. The van der Waals surface area contributed by atoms with Crippen LogP contribution in [0.1, 0.15) is 30.9 Å². The summed E-state index contributed by atoms with van der Waals surface area (Å²) in [6.45, 7) is 3.52. The molecule has 0 bridgehead atoms. The van der Waals surface area contributed by atoms with Crippen LogP contribution < -0.4 is 20.5 Å². The third-order valence-corrected chi connectivity index (χ3v) is 7.12. The van der Waals surface area contributed by atoms with Crippen LogP contribution in [0.4, 0.5) is 0 Å². The molecule has 2 N–H and O–H groups in total. The topological polar surface area (TPSA) is 101 Å². The number of benzene rings is 2. The normalized spacial score (nSPS) is 15.6. The first-order chi connectivity index (χ1) is 17.3. The number of carbonyl (C=O) groups excluding carboxylic acids is 2.